The standard InChI is InChI=1S/C5BrF9O/c6-5(14,15)16-2(7)1(3(8,9)10)4(11,12)13. The summed E-state index contributed by atoms with van der Waals surface area (Å²) in [5.41, 5.74) is -3.78. The predicted molar refractivity (Wildman–Crippen MR) is 35.2 cm³/mol. The summed E-state index contributed by atoms with van der Waals surface area (Å²) in [5.74, 6) is 0. The summed E-state index contributed by atoms with van der Waals surface area (Å²) >= 11 is 1.22. The normalized spacial score (nSPS) is 13.6. The minimum Gasteiger partial charge on any atom is -0.397 e. The highest BCUT2D eigenvalue weighted by atomic mass is 79.9. The number of allylic oxidation sites excluding steroid dienone is 1. The van der Waals surface area contributed by atoms with Crippen molar-refractivity contribution >= 4 is 15.9 Å². The fraction of sp³-hybridized carbons (Fsp3) is 0.600. The lowest BCUT2D eigenvalue weighted by Crippen LogP contribution is -2.29. The van der Waals surface area contributed by atoms with E-state index in [4.69, 9.17) is 0 Å². The highest BCUT2D eigenvalue weighted by Gasteiger charge is 2.56. The van der Waals surface area contributed by atoms with Crippen LogP contribution in [0.2, 0.25) is 0 Å². The molecule has 0 aromatic rings. The Hall–Kier alpha value is -0.610. The maximum absolute atomic E-state index is 12.3. The summed E-state index contributed by atoms with van der Waals surface area (Å²) in [5, 5.41) is -4.68. The topological polar surface area (TPSA) is 9.23 Å². The molecule has 0 amide bonds. The van der Waals surface area contributed by atoms with E-state index in [1.807, 2.05) is 0 Å². The van der Waals surface area contributed by atoms with Gasteiger partial charge in [0.25, 0.3) is 6.01 Å². The quantitative estimate of drug-likeness (QED) is 0.418. The van der Waals surface area contributed by atoms with Gasteiger partial charge in [0.15, 0.2) is 0 Å². The number of halogens is 10. The molecule has 0 bridgehead atoms. The molecular weight excluding hydrogens is 327 g/mol. The van der Waals surface area contributed by atoms with Gasteiger partial charge in [-0.3, -0.25) is 0 Å². The lowest BCUT2D eigenvalue weighted by atomic mass is 10.3. The zero-order valence-electron chi connectivity index (χ0n) is 6.69. The van der Waals surface area contributed by atoms with Crippen molar-refractivity contribution in [3.63, 3.8) is 0 Å². The molecule has 0 aromatic heterocycles. The van der Waals surface area contributed by atoms with Gasteiger partial charge in [-0.25, -0.2) is 0 Å². The molecule has 0 fully saturated rings. The third-order valence-electron chi connectivity index (χ3n) is 0.969. The second-order valence-electron chi connectivity index (χ2n) is 2.19. The van der Waals surface area contributed by atoms with Crippen LogP contribution in [0.1, 0.15) is 0 Å². The largest absolute Gasteiger partial charge is 0.460 e. The van der Waals surface area contributed by atoms with Crippen LogP contribution in [-0.2, 0) is 4.74 Å². The molecule has 0 atom stereocenters. The van der Waals surface area contributed by atoms with Crippen LogP contribution >= 0.6 is 15.9 Å². The van der Waals surface area contributed by atoms with Gasteiger partial charge in [-0.1, -0.05) is 0 Å². The molecule has 96 valence electrons. The van der Waals surface area contributed by atoms with E-state index in [-0.39, 0.29) is 0 Å². The van der Waals surface area contributed by atoms with Crippen LogP contribution in [0.4, 0.5) is 39.5 Å². The van der Waals surface area contributed by atoms with Crippen LogP contribution in [0.5, 0.6) is 0 Å². The number of hydrogen-bond acceptors (Lipinski definition) is 1. The molecule has 1 nitrogen and oxygen atoms in total. The highest BCUT2D eigenvalue weighted by molar-refractivity contribution is 9.09. The Morgan fingerprint density at radius 1 is 0.812 bits per heavy atom. The number of hydrogen-bond donors (Lipinski definition) is 0. The van der Waals surface area contributed by atoms with Gasteiger partial charge in [0, 0.05) is 15.9 Å². The number of ether oxygens (including phenoxy) is 1. The predicted octanol–water partition coefficient (Wildman–Crippen LogP) is 4.25. The van der Waals surface area contributed by atoms with E-state index < -0.39 is 29.0 Å². The zero-order valence-corrected chi connectivity index (χ0v) is 8.27. The van der Waals surface area contributed by atoms with E-state index >= 15 is 0 Å². The molecule has 16 heavy (non-hydrogen) atoms. The summed E-state index contributed by atoms with van der Waals surface area (Å²) in [6.07, 6.45) is -12.4. The van der Waals surface area contributed by atoms with Gasteiger partial charge in [-0.2, -0.15) is 39.5 Å². The summed E-state index contributed by atoms with van der Waals surface area (Å²) in [6.45, 7) is 0. The smallest absolute Gasteiger partial charge is 0.397 e. The summed E-state index contributed by atoms with van der Waals surface area (Å²) in [4.78, 5) is 0. The second kappa shape index (κ2) is 4.34. The molecule has 0 spiro atoms. The Bertz CT molecular complexity index is 266. The van der Waals surface area contributed by atoms with Crippen molar-refractivity contribution in [2.45, 2.75) is 17.4 Å². The van der Waals surface area contributed by atoms with E-state index in [2.05, 4.69) is 4.74 Å². The van der Waals surface area contributed by atoms with Crippen molar-refractivity contribution in [2.24, 2.45) is 0 Å². The Morgan fingerprint density at radius 3 is 1.31 bits per heavy atom. The molecule has 0 aliphatic carbocycles. The first-order valence-electron chi connectivity index (χ1n) is 3.05. The molecule has 0 aliphatic rings. The van der Waals surface area contributed by atoms with Crippen LogP contribution in [0, 0.1) is 0 Å². The van der Waals surface area contributed by atoms with E-state index in [9.17, 15) is 39.5 Å². The minimum atomic E-state index is -6.21. The maximum atomic E-state index is 12.3. The van der Waals surface area contributed by atoms with Crippen molar-refractivity contribution in [3.8, 4) is 0 Å². The summed E-state index contributed by atoms with van der Waals surface area (Å²) in [6, 6.07) is -3.47. The fourth-order valence-electron chi connectivity index (χ4n) is 0.536. The van der Waals surface area contributed by atoms with E-state index in [1.165, 1.54) is 15.9 Å². The molecule has 0 heterocycles. The van der Waals surface area contributed by atoms with Crippen molar-refractivity contribution < 1.29 is 44.3 Å². The maximum Gasteiger partial charge on any atom is 0.460 e. The molecule has 0 N–H and O–H groups in total. The van der Waals surface area contributed by atoms with Crippen LogP contribution in [-0.4, -0.2) is 17.4 Å². The van der Waals surface area contributed by atoms with Gasteiger partial charge in [-0.05, 0) is 0 Å². The molecular formula is C5BrF9O. The average Bonchev–Trinajstić information content (AvgIpc) is 1.70. The summed E-state index contributed by atoms with van der Waals surface area (Å²) in [7, 11) is 0. The van der Waals surface area contributed by atoms with Crippen LogP contribution in [0.3, 0.4) is 0 Å². The molecule has 11 heteroatoms. The Morgan fingerprint density at radius 2 is 1.12 bits per heavy atom. The van der Waals surface area contributed by atoms with Crippen LogP contribution in [0.15, 0.2) is 11.6 Å². The molecule has 0 saturated heterocycles. The van der Waals surface area contributed by atoms with Gasteiger partial charge >= 0.3 is 17.4 Å². The lowest BCUT2D eigenvalue weighted by molar-refractivity contribution is -0.193. The number of rotatable bonds is 2. The van der Waals surface area contributed by atoms with Gasteiger partial charge < -0.3 is 4.74 Å². The molecule has 0 aromatic carbocycles. The Kier molecular flexibility index (Phi) is 4.17. The first-order valence-corrected chi connectivity index (χ1v) is 3.84. The van der Waals surface area contributed by atoms with Crippen LogP contribution < -0.4 is 0 Å². The van der Waals surface area contributed by atoms with Gasteiger partial charge in [0.1, 0.15) is 0 Å². The second-order valence-corrected chi connectivity index (χ2v) is 3.12. The van der Waals surface area contributed by atoms with Crippen LogP contribution in [0.25, 0.3) is 0 Å². The first-order chi connectivity index (χ1) is 6.75. The zero-order chi connectivity index (χ0) is 13.4. The Balaban J connectivity index is 5.42. The van der Waals surface area contributed by atoms with Crippen molar-refractivity contribution in [1.29, 1.82) is 0 Å². The molecule has 0 rings (SSSR count). The SMILES string of the molecule is FC(OC(F)(F)Br)=C(C(F)(F)F)C(F)(F)F. The van der Waals surface area contributed by atoms with Crippen molar-refractivity contribution in [3.05, 3.63) is 11.6 Å². The third-order valence-corrected chi connectivity index (χ3v) is 1.13. The van der Waals surface area contributed by atoms with Gasteiger partial charge in [0.05, 0.1) is 0 Å². The monoisotopic (exact) mass is 326 g/mol. The fourth-order valence-corrected chi connectivity index (χ4v) is 0.678. The highest BCUT2D eigenvalue weighted by Crippen LogP contribution is 2.42. The van der Waals surface area contributed by atoms with E-state index in [0.717, 1.165) is 0 Å². The van der Waals surface area contributed by atoms with E-state index in [1.54, 1.807) is 0 Å². The first kappa shape index (κ1) is 15.4. The molecule has 0 aliphatic heterocycles. The number of alkyl halides is 9. The molecule has 0 saturated carbocycles. The third kappa shape index (κ3) is 4.94. The Labute approximate surface area is 90.0 Å². The minimum absolute atomic E-state index is 1.22. The van der Waals surface area contributed by atoms with Gasteiger partial charge in [0.2, 0.25) is 5.57 Å². The lowest BCUT2D eigenvalue weighted by Gasteiger charge is -2.17. The summed E-state index contributed by atoms with van der Waals surface area (Å²) < 4.78 is 108. The molecule has 0 radical (unpaired) electrons. The van der Waals surface area contributed by atoms with Crippen molar-refractivity contribution in [2.75, 3.05) is 0 Å². The average molecular weight is 327 g/mol. The van der Waals surface area contributed by atoms with Gasteiger partial charge in [-0.15, -0.1) is 0 Å². The van der Waals surface area contributed by atoms with E-state index in [0.29, 0.717) is 0 Å². The van der Waals surface area contributed by atoms with Crippen molar-refractivity contribution in [1.82, 2.24) is 0 Å². The molecule has 0 unspecified atom stereocenters.